The van der Waals surface area contributed by atoms with Crippen molar-refractivity contribution in [3.05, 3.63) is 23.9 Å². The Balaban J connectivity index is 1.99. The molecule has 0 saturated carbocycles. The van der Waals surface area contributed by atoms with Crippen LogP contribution in [0, 0.1) is 0 Å². The van der Waals surface area contributed by atoms with Gasteiger partial charge in [0.15, 0.2) is 0 Å². The minimum absolute atomic E-state index is 0.296. The molecule has 0 radical (unpaired) electrons. The highest BCUT2D eigenvalue weighted by Crippen LogP contribution is 2.32. The number of nitrogens with one attached hydrogen (secondary N) is 2. The van der Waals surface area contributed by atoms with Crippen molar-refractivity contribution < 1.29 is 0 Å². The Morgan fingerprint density at radius 3 is 3.12 bits per heavy atom. The zero-order valence-corrected chi connectivity index (χ0v) is 10.3. The highest BCUT2D eigenvalue weighted by atomic mass is 32.2. The molecule has 0 amide bonds. The predicted molar refractivity (Wildman–Crippen MR) is 67.3 cm³/mol. The van der Waals surface area contributed by atoms with E-state index in [1.54, 1.807) is 6.20 Å². The largest absolute Gasteiger partial charge is 0.384 e. The molecule has 16 heavy (non-hydrogen) atoms. The number of rotatable bonds is 3. The fourth-order valence-electron chi connectivity index (χ4n) is 1.58. The first kappa shape index (κ1) is 11.7. The maximum atomic E-state index is 5.67. The van der Waals surface area contributed by atoms with Gasteiger partial charge in [-0.05, 0) is 31.7 Å². The first-order valence-corrected chi connectivity index (χ1v) is 6.16. The number of nitrogen functional groups attached to an aromatic ring is 1. The molecular formula is C10H17N5S. The molecule has 1 aromatic heterocycles. The fraction of sp³-hybridized carbons (Fsp3) is 0.500. The van der Waals surface area contributed by atoms with Gasteiger partial charge in [-0.2, -0.15) is 0 Å². The van der Waals surface area contributed by atoms with E-state index in [1.807, 2.05) is 23.9 Å². The lowest BCUT2D eigenvalue weighted by Gasteiger charge is -2.21. The average Bonchev–Trinajstić information content (AvgIpc) is 2.64. The molecule has 0 spiro atoms. The topological polar surface area (TPSA) is 66.2 Å². The van der Waals surface area contributed by atoms with E-state index in [1.165, 1.54) is 5.56 Å². The number of pyridine rings is 1. The molecule has 6 heteroatoms. The molecule has 88 valence electrons. The van der Waals surface area contributed by atoms with Crippen LogP contribution in [0.5, 0.6) is 0 Å². The van der Waals surface area contributed by atoms with Gasteiger partial charge in [0.25, 0.3) is 0 Å². The second-order valence-corrected chi connectivity index (χ2v) is 5.31. The van der Waals surface area contributed by atoms with Crippen molar-refractivity contribution in [2.45, 2.75) is 17.7 Å². The summed E-state index contributed by atoms with van der Waals surface area (Å²) in [5.74, 6) is 0.579. The highest BCUT2D eigenvalue weighted by Gasteiger charge is 2.23. The number of thioether (sulfide) groups is 1. The molecule has 2 rings (SSSR count). The Hall–Kier alpha value is -0.820. The second-order valence-electron chi connectivity index (χ2n) is 3.88. The molecule has 0 aliphatic carbocycles. The molecule has 1 aromatic rings. The summed E-state index contributed by atoms with van der Waals surface area (Å²) >= 11 is 1.85. The van der Waals surface area contributed by atoms with Gasteiger partial charge in [0, 0.05) is 11.4 Å². The number of nitrogens with zero attached hydrogens (tertiary/aromatic N) is 2. The van der Waals surface area contributed by atoms with Crippen molar-refractivity contribution in [1.82, 2.24) is 20.7 Å². The summed E-state index contributed by atoms with van der Waals surface area (Å²) in [7, 11) is 2.08. The molecule has 0 aromatic carbocycles. The van der Waals surface area contributed by atoms with Gasteiger partial charge in [0.05, 0.1) is 6.67 Å². The molecule has 2 atom stereocenters. The first-order valence-electron chi connectivity index (χ1n) is 5.22. The van der Waals surface area contributed by atoms with Gasteiger partial charge in [0.2, 0.25) is 0 Å². The maximum absolute atomic E-state index is 5.67. The van der Waals surface area contributed by atoms with Gasteiger partial charge in [-0.15, -0.1) is 11.8 Å². The number of hydrazine groups is 1. The minimum Gasteiger partial charge on any atom is -0.384 e. The third-order valence-electron chi connectivity index (χ3n) is 2.56. The molecule has 1 unspecified atom stereocenters. The summed E-state index contributed by atoms with van der Waals surface area (Å²) in [5.41, 5.74) is 13.5. The third kappa shape index (κ3) is 2.65. The molecule has 5 nitrogen and oxygen atoms in total. The van der Waals surface area contributed by atoms with Crippen LogP contribution in [0.15, 0.2) is 18.3 Å². The molecule has 1 fully saturated rings. The van der Waals surface area contributed by atoms with E-state index >= 15 is 0 Å². The van der Waals surface area contributed by atoms with Crippen molar-refractivity contribution in [2.75, 3.05) is 19.5 Å². The lowest BCUT2D eigenvalue weighted by molar-refractivity contribution is 0.378. The summed E-state index contributed by atoms with van der Waals surface area (Å²) in [6, 6.07) is 3.94. The van der Waals surface area contributed by atoms with Crippen LogP contribution in [0.1, 0.15) is 17.7 Å². The lowest BCUT2D eigenvalue weighted by Crippen LogP contribution is -2.32. The molecule has 2 heterocycles. The summed E-state index contributed by atoms with van der Waals surface area (Å²) in [6.45, 7) is 3.04. The molecule has 0 bridgehead atoms. The standard InChI is InChI=1S/C10H17N5S/c1-7(8-3-4-12-9(11)5-8)16-10-14-13-6-15(10)2/h3-5,7,10,13-14H,6H2,1-2H3,(H2,11,12)/t7-,10?/m0/s1. The van der Waals surface area contributed by atoms with Gasteiger partial charge < -0.3 is 5.73 Å². The normalized spacial score (nSPS) is 23.5. The Bertz CT molecular complexity index is 359. The van der Waals surface area contributed by atoms with Crippen LogP contribution >= 0.6 is 11.8 Å². The fourth-order valence-corrected chi connectivity index (χ4v) is 2.70. The lowest BCUT2D eigenvalue weighted by atomic mass is 10.2. The van der Waals surface area contributed by atoms with Crippen molar-refractivity contribution in [3.63, 3.8) is 0 Å². The Morgan fingerprint density at radius 2 is 2.50 bits per heavy atom. The van der Waals surface area contributed by atoms with E-state index < -0.39 is 0 Å². The monoisotopic (exact) mass is 239 g/mol. The number of nitrogens with two attached hydrogens (primary N) is 1. The Kier molecular flexibility index (Phi) is 3.65. The van der Waals surface area contributed by atoms with Gasteiger partial charge in [-0.3, -0.25) is 4.90 Å². The Morgan fingerprint density at radius 1 is 1.69 bits per heavy atom. The van der Waals surface area contributed by atoms with Crippen molar-refractivity contribution in [1.29, 1.82) is 0 Å². The third-order valence-corrected chi connectivity index (χ3v) is 3.98. The van der Waals surface area contributed by atoms with Crippen molar-refractivity contribution >= 4 is 17.6 Å². The smallest absolute Gasteiger partial charge is 0.123 e. The first-order chi connectivity index (χ1) is 7.66. The van der Waals surface area contributed by atoms with E-state index in [4.69, 9.17) is 5.73 Å². The number of hydrogen-bond donors (Lipinski definition) is 3. The minimum atomic E-state index is 0.296. The van der Waals surface area contributed by atoms with Crippen molar-refractivity contribution in [3.8, 4) is 0 Å². The van der Waals surface area contributed by atoms with Crippen LogP contribution in [0.4, 0.5) is 5.82 Å². The van der Waals surface area contributed by atoms with Gasteiger partial charge in [-0.25, -0.2) is 15.8 Å². The Labute approximate surface area is 99.8 Å². The zero-order valence-electron chi connectivity index (χ0n) is 9.47. The van der Waals surface area contributed by atoms with Crippen LogP contribution in [0.2, 0.25) is 0 Å². The summed E-state index contributed by atoms with van der Waals surface area (Å²) < 4.78 is 0. The highest BCUT2D eigenvalue weighted by molar-refractivity contribution is 8.00. The SMILES string of the molecule is C[C@H](SC1NNCN1C)c1ccnc(N)c1. The summed E-state index contributed by atoms with van der Waals surface area (Å²) in [4.78, 5) is 6.21. The molecule has 1 saturated heterocycles. The average molecular weight is 239 g/mol. The predicted octanol–water partition coefficient (Wildman–Crippen LogP) is 0.739. The van der Waals surface area contributed by atoms with Gasteiger partial charge in [0.1, 0.15) is 11.3 Å². The number of anilines is 1. The maximum Gasteiger partial charge on any atom is 0.123 e. The van der Waals surface area contributed by atoms with E-state index in [9.17, 15) is 0 Å². The van der Waals surface area contributed by atoms with E-state index in [0.717, 1.165) is 6.67 Å². The molecular weight excluding hydrogens is 222 g/mol. The molecule has 4 N–H and O–H groups in total. The van der Waals surface area contributed by atoms with E-state index in [-0.39, 0.29) is 0 Å². The quantitative estimate of drug-likeness (QED) is 0.723. The van der Waals surface area contributed by atoms with Crippen LogP contribution in [-0.4, -0.2) is 29.1 Å². The number of aromatic nitrogens is 1. The van der Waals surface area contributed by atoms with E-state index in [2.05, 4.69) is 34.7 Å². The van der Waals surface area contributed by atoms with Crippen LogP contribution in [0.25, 0.3) is 0 Å². The second kappa shape index (κ2) is 5.01. The van der Waals surface area contributed by atoms with Crippen LogP contribution in [0.3, 0.4) is 0 Å². The number of hydrogen-bond acceptors (Lipinski definition) is 6. The van der Waals surface area contributed by atoms with Gasteiger partial charge in [-0.1, -0.05) is 0 Å². The van der Waals surface area contributed by atoms with Crippen molar-refractivity contribution in [2.24, 2.45) is 0 Å². The van der Waals surface area contributed by atoms with Crippen LogP contribution in [-0.2, 0) is 0 Å². The summed E-state index contributed by atoms with van der Waals surface area (Å²) in [6.07, 6.45) is 1.76. The van der Waals surface area contributed by atoms with E-state index in [0.29, 0.717) is 16.6 Å². The molecule has 1 aliphatic rings. The van der Waals surface area contributed by atoms with Gasteiger partial charge >= 0.3 is 0 Å². The zero-order chi connectivity index (χ0) is 11.5. The summed E-state index contributed by atoms with van der Waals surface area (Å²) in [5, 5.41) is 0.380. The van der Waals surface area contributed by atoms with Crippen LogP contribution < -0.4 is 16.6 Å². The molecule has 1 aliphatic heterocycles.